The van der Waals surface area contributed by atoms with Crippen molar-refractivity contribution in [2.24, 2.45) is 0 Å². The zero-order chi connectivity index (χ0) is 21.8. The molecule has 2 N–H and O–H groups in total. The summed E-state index contributed by atoms with van der Waals surface area (Å²) in [6.07, 6.45) is 0. The van der Waals surface area contributed by atoms with Crippen molar-refractivity contribution in [2.45, 2.75) is 4.90 Å². The summed E-state index contributed by atoms with van der Waals surface area (Å²) in [6, 6.07) is 5.82. The smallest absolute Gasteiger partial charge is 0.341 e. The van der Waals surface area contributed by atoms with Gasteiger partial charge in [-0.2, -0.15) is 0 Å². The van der Waals surface area contributed by atoms with Crippen LogP contribution in [0.25, 0.3) is 0 Å². The molecule has 1 amide bonds. The molecule has 2 aromatic rings. The van der Waals surface area contributed by atoms with Crippen LogP contribution in [0.3, 0.4) is 0 Å². The third-order valence-corrected chi connectivity index (χ3v) is 5.23. The van der Waals surface area contributed by atoms with Gasteiger partial charge < -0.3 is 10.1 Å². The molecule has 0 aromatic heterocycles. The molecule has 29 heavy (non-hydrogen) atoms. The molecule has 0 saturated carbocycles. The number of sulfonamides is 1. The number of hydrogen-bond donors (Lipinski definition) is 2. The Hall–Kier alpha value is -3.09. The Morgan fingerprint density at radius 2 is 1.93 bits per heavy atom. The van der Waals surface area contributed by atoms with Gasteiger partial charge in [0.2, 0.25) is 10.0 Å². The first-order chi connectivity index (χ1) is 13.5. The normalized spacial score (nSPS) is 11.0. The Balaban J connectivity index is 2.07. The second-order valence-electron chi connectivity index (χ2n) is 5.39. The van der Waals surface area contributed by atoms with Crippen molar-refractivity contribution in [3.05, 3.63) is 62.9 Å². The molecule has 0 unspecified atom stereocenters. The van der Waals surface area contributed by atoms with E-state index in [0.29, 0.717) is 0 Å². The molecule has 13 heteroatoms. The van der Waals surface area contributed by atoms with Crippen LogP contribution in [0.5, 0.6) is 0 Å². The first kappa shape index (κ1) is 22.2. The van der Waals surface area contributed by atoms with Crippen LogP contribution < -0.4 is 10.0 Å². The SMILES string of the molecule is CNS(=O)(=O)c1ccc(F)c(C(=O)OCC(=O)Nc2ccc([N+](=O)[O-])cc2Cl)c1. The zero-order valence-corrected chi connectivity index (χ0v) is 16.2. The van der Waals surface area contributed by atoms with Gasteiger partial charge in [0, 0.05) is 12.1 Å². The van der Waals surface area contributed by atoms with Crippen molar-refractivity contribution in [2.75, 3.05) is 19.0 Å². The largest absolute Gasteiger partial charge is 0.452 e. The van der Waals surface area contributed by atoms with Crippen LogP contribution >= 0.6 is 11.6 Å². The molecule has 154 valence electrons. The highest BCUT2D eigenvalue weighted by molar-refractivity contribution is 7.89. The fourth-order valence-electron chi connectivity index (χ4n) is 2.06. The number of amides is 1. The van der Waals surface area contributed by atoms with Crippen molar-refractivity contribution < 1.29 is 32.1 Å². The van der Waals surface area contributed by atoms with Gasteiger partial charge in [-0.3, -0.25) is 14.9 Å². The van der Waals surface area contributed by atoms with Gasteiger partial charge in [-0.25, -0.2) is 22.3 Å². The molecular formula is C16H13ClFN3O7S. The Labute approximate surface area is 168 Å². The highest BCUT2D eigenvalue weighted by atomic mass is 35.5. The molecule has 0 atom stereocenters. The predicted octanol–water partition coefficient (Wildman–Crippen LogP) is 2.09. The minimum atomic E-state index is -3.92. The number of hydrogen-bond acceptors (Lipinski definition) is 7. The van der Waals surface area contributed by atoms with E-state index in [1.54, 1.807) is 0 Å². The maximum absolute atomic E-state index is 13.9. The van der Waals surface area contributed by atoms with Crippen LogP contribution in [0.4, 0.5) is 15.8 Å². The zero-order valence-electron chi connectivity index (χ0n) is 14.6. The quantitative estimate of drug-likeness (QED) is 0.377. The standard InChI is InChI=1S/C16H13ClFN3O7S/c1-19-29(26,27)10-3-4-13(18)11(7-10)16(23)28-8-15(22)20-14-5-2-9(21(24)25)6-12(14)17/h2-7,19H,8H2,1H3,(H,20,22). The highest BCUT2D eigenvalue weighted by Crippen LogP contribution is 2.26. The topological polar surface area (TPSA) is 145 Å². The molecular weight excluding hydrogens is 433 g/mol. The lowest BCUT2D eigenvalue weighted by Gasteiger charge is -2.09. The molecule has 0 aliphatic carbocycles. The second kappa shape index (κ2) is 8.94. The summed E-state index contributed by atoms with van der Waals surface area (Å²) in [4.78, 5) is 33.5. The van der Waals surface area contributed by atoms with Crippen LogP contribution in [0.2, 0.25) is 5.02 Å². The Bertz CT molecular complexity index is 1090. The number of nitro groups is 1. The van der Waals surface area contributed by atoms with Crippen molar-refractivity contribution in [3.63, 3.8) is 0 Å². The van der Waals surface area contributed by atoms with Gasteiger partial charge in [0.1, 0.15) is 5.82 Å². The van der Waals surface area contributed by atoms with Gasteiger partial charge in [-0.05, 0) is 31.3 Å². The molecule has 0 radical (unpaired) electrons. The van der Waals surface area contributed by atoms with E-state index in [9.17, 15) is 32.5 Å². The minimum absolute atomic E-state index is 0.0339. The van der Waals surface area contributed by atoms with Crippen molar-refractivity contribution in [1.82, 2.24) is 4.72 Å². The van der Waals surface area contributed by atoms with Gasteiger partial charge in [-0.15, -0.1) is 0 Å². The molecule has 0 heterocycles. The van der Waals surface area contributed by atoms with Crippen molar-refractivity contribution >= 4 is 44.9 Å². The molecule has 0 spiro atoms. The van der Waals surface area contributed by atoms with Crippen LogP contribution in [0, 0.1) is 15.9 Å². The van der Waals surface area contributed by atoms with Gasteiger partial charge >= 0.3 is 5.97 Å². The summed E-state index contributed by atoms with van der Waals surface area (Å²) in [5.41, 5.74) is -0.930. The molecule has 2 rings (SSSR count). The van der Waals surface area contributed by atoms with E-state index in [1.807, 2.05) is 4.72 Å². The fourth-order valence-corrected chi connectivity index (χ4v) is 3.04. The second-order valence-corrected chi connectivity index (χ2v) is 7.69. The highest BCUT2D eigenvalue weighted by Gasteiger charge is 2.20. The summed E-state index contributed by atoms with van der Waals surface area (Å²) in [5, 5.41) is 12.8. The molecule has 0 aliphatic rings. The number of nitrogens with zero attached hydrogens (tertiary/aromatic N) is 1. The van der Waals surface area contributed by atoms with Crippen molar-refractivity contribution in [3.8, 4) is 0 Å². The third kappa shape index (κ3) is 5.47. The first-order valence-electron chi connectivity index (χ1n) is 7.69. The van der Waals surface area contributed by atoms with E-state index in [-0.39, 0.29) is 21.3 Å². The third-order valence-electron chi connectivity index (χ3n) is 3.51. The van der Waals surface area contributed by atoms with Crippen LogP contribution in [0.15, 0.2) is 41.3 Å². The Morgan fingerprint density at radius 3 is 2.52 bits per heavy atom. The maximum atomic E-state index is 13.9. The Kier molecular flexibility index (Phi) is 6.84. The summed E-state index contributed by atoms with van der Waals surface area (Å²) in [5.74, 6) is -3.15. The average molecular weight is 446 g/mol. The Morgan fingerprint density at radius 1 is 1.24 bits per heavy atom. The number of anilines is 1. The van der Waals surface area contributed by atoms with Gasteiger partial charge in [0.25, 0.3) is 11.6 Å². The number of non-ortho nitro benzene ring substituents is 1. The van der Waals surface area contributed by atoms with Crippen LogP contribution in [-0.2, 0) is 19.6 Å². The van der Waals surface area contributed by atoms with E-state index >= 15 is 0 Å². The number of carbonyl (C=O) groups excluding carboxylic acids is 2. The molecule has 0 fully saturated rings. The number of esters is 1. The van der Waals surface area contributed by atoms with Gasteiger partial charge in [-0.1, -0.05) is 11.6 Å². The van der Waals surface area contributed by atoms with Crippen LogP contribution in [0.1, 0.15) is 10.4 Å². The van der Waals surface area contributed by atoms with E-state index in [4.69, 9.17) is 11.6 Å². The lowest BCUT2D eigenvalue weighted by atomic mass is 10.2. The number of rotatable bonds is 7. The number of benzene rings is 2. The lowest BCUT2D eigenvalue weighted by molar-refractivity contribution is -0.384. The number of carbonyl (C=O) groups is 2. The molecule has 10 nitrogen and oxygen atoms in total. The lowest BCUT2D eigenvalue weighted by Crippen LogP contribution is -2.22. The summed E-state index contributed by atoms with van der Waals surface area (Å²) in [7, 11) is -2.78. The molecule has 0 bridgehead atoms. The number of nitrogens with one attached hydrogen (secondary N) is 2. The van der Waals surface area contributed by atoms with E-state index in [2.05, 4.69) is 10.1 Å². The van der Waals surface area contributed by atoms with Gasteiger partial charge in [0.05, 0.1) is 26.1 Å². The molecule has 0 aliphatic heterocycles. The number of halogens is 2. The maximum Gasteiger partial charge on any atom is 0.341 e. The minimum Gasteiger partial charge on any atom is -0.452 e. The van der Waals surface area contributed by atoms with Gasteiger partial charge in [0.15, 0.2) is 6.61 Å². The summed E-state index contributed by atoms with van der Waals surface area (Å²) in [6.45, 7) is -0.839. The summed E-state index contributed by atoms with van der Waals surface area (Å²) < 4.78 is 44.1. The number of ether oxygens (including phenoxy) is 1. The number of nitro benzene ring substituents is 1. The van der Waals surface area contributed by atoms with E-state index < -0.39 is 44.8 Å². The fraction of sp³-hybridized carbons (Fsp3) is 0.125. The average Bonchev–Trinajstić information content (AvgIpc) is 2.67. The summed E-state index contributed by atoms with van der Waals surface area (Å²) >= 11 is 5.83. The monoisotopic (exact) mass is 445 g/mol. The van der Waals surface area contributed by atoms with Crippen LogP contribution in [-0.4, -0.2) is 38.9 Å². The first-order valence-corrected chi connectivity index (χ1v) is 9.55. The molecule has 2 aromatic carbocycles. The van der Waals surface area contributed by atoms with E-state index in [0.717, 1.165) is 37.4 Å². The van der Waals surface area contributed by atoms with Crippen molar-refractivity contribution in [1.29, 1.82) is 0 Å². The predicted molar refractivity (Wildman–Crippen MR) is 99.7 cm³/mol. The molecule has 0 saturated heterocycles. The van der Waals surface area contributed by atoms with E-state index in [1.165, 1.54) is 6.07 Å².